The minimum absolute atomic E-state index is 0.517. The minimum Gasteiger partial charge on any atom is -0.317 e. The molecule has 2 unspecified atom stereocenters. The van der Waals surface area contributed by atoms with Crippen molar-refractivity contribution in [1.29, 1.82) is 0 Å². The first kappa shape index (κ1) is 13.8. The number of nitrogens with zero attached hydrogens (tertiary/aromatic N) is 1. The molecule has 1 aliphatic heterocycles. The largest absolute Gasteiger partial charge is 0.317 e. The van der Waals surface area contributed by atoms with Crippen molar-refractivity contribution < 1.29 is 0 Å². The molecule has 2 rings (SSSR count). The molecule has 1 aromatic heterocycles. The highest BCUT2D eigenvalue weighted by molar-refractivity contribution is 9.10. The van der Waals surface area contributed by atoms with Gasteiger partial charge >= 0.3 is 0 Å². The Labute approximate surface area is 120 Å². The summed E-state index contributed by atoms with van der Waals surface area (Å²) in [6.45, 7) is 5.47. The van der Waals surface area contributed by atoms with Gasteiger partial charge in [0.25, 0.3) is 0 Å². The summed E-state index contributed by atoms with van der Waals surface area (Å²) < 4.78 is 1.89. The Bertz CT molecular complexity index is 363. The first-order chi connectivity index (χ1) is 8.13. The molecular formula is C12H18BrClN2S. The maximum Gasteiger partial charge on any atom is 0.107 e. The molecule has 0 spiro atoms. The van der Waals surface area contributed by atoms with Crippen molar-refractivity contribution >= 4 is 38.9 Å². The summed E-state index contributed by atoms with van der Waals surface area (Å²) >= 11 is 11.3. The van der Waals surface area contributed by atoms with Crippen molar-refractivity contribution in [1.82, 2.24) is 10.2 Å². The standard InChI is InChI=1S/C12H18BrClN2S/c1-3-15-7-8-4-5-16(2)11(8)10-6-9(13)12(14)17-10/h6,8,11,15H,3-5,7H2,1-2H3. The predicted molar refractivity (Wildman–Crippen MR) is 79.1 cm³/mol. The summed E-state index contributed by atoms with van der Waals surface area (Å²) in [5, 5.41) is 3.47. The highest BCUT2D eigenvalue weighted by atomic mass is 79.9. The molecule has 2 heterocycles. The molecule has 0 radical (unpaired) electrons. The van der Waals surface area contributed by atoms with E-state index in [1.54, 1.807) is 11.3 Å². The molecule has 0 aromatic carbocycles. The molecule has 0 bridgehead atoms. The summed E-state index contributed by atoms with van der Waals surface area (Å²) in [7, 11) is 2.21. The number of rotatable bonds is 4. The van der Waals surface area contributed by atoms with Crippen molar-refractivity contribution in [3.8, 4) is 0 Å². The van der Waals surface area contributed by atoms with Crippen LogP contribution in [-0.4, -0.2) is 31.6 Å². The van der Waals surface area contributed by atoms with Gasteiger partial charge in [0, 0.05) is 15.4 Å². The number of nitrogens with one attached hydrogen (secondary N) is 1. The van der Waals surface area contributed by atoms with Gasteiger partial charge in [0.05, 0.1) is 0 Å². The van der Waals surface area contributed by atoms with Crippen LogP contribution < -0.4 is 5.32 Å². The summed E-state index contributed by atoms with van der Waals surface area (Å²) in [5.74, 6) is 0.696. The van der Waals surface area contributed by atoms with Crippen LogP contribution in [0.4, 0.5) is 0 Å². The van der Waals surface area contributed by atoms with E-state index in [4.69, 9.17) is 11.6 Å². The van der Waals surface area contributed by atoms with Crippen LogP contribution in [0.3, 0.4) is 0 Å². The third-order valence-electron chi connectivity index (χ3n) is 3.39. The first-order valence-electron chi connectivity index (χ1n) is 5.99. The summed E-state index contributed by atoms with van der Waals surface area (Å²) in [6, 6.07) is 2.70. The van der Waals surface area contributed by atoms with Gasteiger partial charge in [-0.2, -0.15) is 0 Å². The Morgan fingerprint density at radius 1 is 1.65 bits per heavy atom. The van der Waals surface area contributed by atoms with Gasteiger partial charge in [-0.05, 0) is 61.0 Å². The lowest BCUT2D eigenvalue weighted by molar-refractivity contribution is 0.277. The van der Waals surface area contributed by atoms with Gasteiger partial charge in [-0.15, -0.1) is 11.3 Å². The maximum atomic E-state index is 6.15. The second-order valence-corrected chi connectivity index (χ2v) is 7.09. The van der Waals surface area contributed by atoms with Crippen LogP contribution in [0.25, 0.3) is 0 Å². The van der Waals surface area contributed by atoms with Gasteiger partial charge in [-0.1, -0.05) is 18.5 Å². The molecule has 5 heteroatoms. The van der Waals surface area contributed by atoms with Crippen LogP contribution in [-0.2, 0) is 0 Å². The van der Waals surface area contributed by atoms with Gasteiger partial charge in [0.2, 0.25) is 0 Å². The molecule has 1 saturated heterocycles. The van der Waals surface area contributed by atoms with E-state index in [1.165, 1.54) is 17.8 Å². The lowest BCUT2D eigenvalue weighted by atomic mass is 9.99. The number of hydrogen-bond donors (Lipinski definition) is 1. The fraction of sp³-hybridized carbons (Fsp3) is 0.667. The molecule has 2 atom stereocenters. The molecule has 0 amide bonds. The van der Waals surface area contributed by atoms with Crippen molar-refractivity contribution in [2.75, 3.05) is 26.7 Å². The Morgan fingerprint density at radius 2 is 2.41 bits per heavy atom. The quantitative estimate of drug-likeness (QED) is 0.900. The lowest BCUT2D eigenvalue weighted by Gasteiger charge is -2.24. The fourth-order valence-corrected chi connectivity index (χ4v) is 4.52. The van der Waals surface area contributed by atoms with Crippen LogP contribution in [0.5, 0.6) is 0 Å². The molecule has 1 N–H and O–H groups in total. The van der Waals surface area contributed by atoms with Crippen LogP contribution in [0.15, 0.2) is 10.5 Å². The summed E-state index contributed by atoms with van der Waals surface area (Å²) in [5.41, 5.74) is 0. The Kier molecular flexibility index (Phi) is 4.89. The van der Waals surface area contributed by atoms with Crippen molar-refractivity contribution in [3.63, 3.8) is 0 Å². The number of thiophene rings is 1. The number of likely N-dealkylation sites (tertiary alicyclic amines) is 1. The number of hydrogen-bond acceptors (Lipinski definition) is 3. The Hall–Kier alpha value is 0.390. The molecule has 96 valence electrons. The van der Waals surface area contributed by atoms with E-state index in [9.17, 15) is 0 Å². The van der Waals surface area contributed by atoms with E-state index >= 15 is 0 Å². The molecule has 1 fully saturated rings. The van der Waals surface area contributed by atoms with Crippen molar-refractivity contribution in [2.24, 2.45) is 5.92 Å². The van der Waals surface area contributed by atoms with Crippen LogP contribution in [0, 0.1) is 5.92 Å². The van der Waals surface area contributed by atoms with Gasteiger partial charge in [0.15, 0.2) is 0 Å². The second kappa shape index (κ2) is 6.02. The molecule has 17 heavy (non-hydrogen) atoms. The van der Waals surface area contributed by atoms with E-state index in [-0.39, 0.29) is 0 Å². The van der Waals surface area contributed by atoms with Crippen LogP contribution in [0.1, 0.15) is 24.3 Å². The molecule has 0 aliphatic carbocycles. The molecule has 2 nitrogen and oxygen atoms in total. The lowest BCUT2D eigenvalue weighted by Crippen LogP contribution is -2.27. The van der Waals surface area contributed by atoms with Crippen LogP contribution >= 0.6 is 38.9 Å². The smallest absolute Gasteiger partial charge is 0.107 e. The average molecular weight is 338 g/mol. The average Bonchev–Trinajstić information content (AvgIpc) is 2.80. The van der Waals surface area contributed by atoms with Gasteiger partial charge in [0.1, 0.15) is 4.34 Å². The van der Waals surface area contributed by atoms with E-state index in [0.29, 0.717) is 12.0 Å². The van der Waals surface area contributed by atoms with Crippen molar-refractivity contribution in [3.05, 3.63) is 19.8 Å². The van der Waals surface area contributed by atoms with E-state index < -0.39 is 0 Å². The third-order valence-corrected chi connectivity index (χ3v) is 5.93. The highest BCUT2D eigenvalue weighted by Crippen LogP contribution is 2.43. The monoisotopic (exact) mass is 336 g/mol. The Balaban J connectivity index is 2.15. The van der Waals surface area contributed by atoms with Crippen molar-refractivity contribution in [2.45, 2.75) is 19.4 Å². The minimum atomic E-state index is 0.517. The summed E-state index contributed by atoms with van der Waals surface area (Å²) in [4.78, 5) is 3.82. The number of halogens is 2. The topological polar surface area (TPSA) is 15.3 Å². The normalized spacial score (nSPS) is 25.6. The van der Waals surface area contributed by atoms with E-state index in [0.717, 1.165) is 21.9 Å². The summed E-state index contributed by atoms with van der Waals surface area (Å²) in [6.07, 6.45) is 1.27. The molecule has 1 aliphatic rings. The van der Waals surface area contributed by atoms with Gasteiger partial charge in [-0.3, -0.25) is 4.90 Å². The SMILES string of the molecule is CCNCC1CCN(C)C1c1cc(Br)c(Cl)s1. The molecule has 0 saturated carbocycles. The second-order valence-electron chi connectivity index (χ2n) is 4.55. The van der Waals surface area contributed by atoms with Gasteiger partial charge in [-0.25, -0.2) is 0 Å². The molecule has 1 aromatic rings. The first-order valence-corrected chi connectivity index (χ1v) is 7.98. The van der Waals surface area contributed by atoms with E-state index in [1.807, 2.05) is 0 Å². The fourth-order valence-electron chi connectivity index (χ4n) is 2.53. The predicted octanol–water partition coefficient (Wildman–Crippen LogP) is 3.77. The van der Waals surface area contributed by atoms with E-state index in [2.05, 4.69) is 46.2 Å². The zero-order chi connectivity index (χ0) is 12.4. The zero-order valence-electron chi connectivity index (χ0n) is 10.2. The zero-order valence-corrected chi connectivity index (χ0v) is 13.3. The molecular weight excluding hydrogens is 320 g/mol. The van der Waals surface area contributed by atoms with Crippen LogP contribution in [0.2, 0.25) is 4.34 Å². The highest BCUT2D eigenvalue weighted by Gasteiger charge is 2.33. The maximum absolute atomic E-state index is 6.15. The van der Waals surface area contributed by atoms with Gasteiger partial charge < -0.3 is 5.32 Å². The third kappa shape index (κ3) is 3.04. The Morgan fingerprint density at radius 3 is 3.00 bits per heavy atom.